The molecule has 0 aliphatic carbocycles. The molecule has 0 fully saturated rings. The molecule has 0 radical (unpaired) electrons. The fraction of sp³-hybridized carbons (Fsp3) is 0.167. The number of aryl methyl sites for hydroxylation is 1. The minimum absolute atomic E-state index is 0.172. The number of anilines is 2. The Bertz CT molecular complexity index is 600. The van der Waals surface area contributed by atoms with Crippen molar-refractivity contribution < 1.29 is 9.32 Å². The topological polar surface area (TPSA) is 81.2 Å². The van der Waals surface area contributed by atoms with E-state index in [9.17, 15) is 4.79 Å². The molecule has 2 rings (SSSR count). The van der Waals surface area contributed by atoms with Gasteiger partial charge in [0, 0.05) is 11.0 Å². The molecule has 0 aliphatic heterocycles. The molecule has 1 aromatic carbocycles. The van der Waals surface area contributed by atoms with Crippen molar-refractivity contribution in [2.45, 2.75) is 11.8 Å². The summed E-state index contributed by atoms with van der Waals surface area (Å²) >= 11 is 7.26. The van der Waals surface area contributed by atoms with Crippen LogP contribution in [0.25, 0.3) is 0 Å². The van der Waals surface area contributed by atoms with Gasteiger partial charge in [0.15, 0.2) is 0 Å². The molecule has 1 amide bonds. The van der Waals surface area contributed by atoms with E-state index in [0.717, 1.165) is 4.90 Å². The molecule has 19 heavy (non-hydrogen) atoms. The Hall–Kier alpha value is -1.66. The van der Waals surface area contributed by atoms with Crippen LogP contribution in [-0.2, 0) is 4.79 Å². The fourth-order valence-corrected chi connectivity index (χ4v) is 2.32. The molecule has 0 spiro atoms. The number of nitrogens with zero attached hydrogens (tertiary/aromatic N) is 1. The van der Waals surface area contributed by atoms with Crippen molar-refractivity contribution in [2.75, 3.05) is 16.8 Å². The summed E-state index contributed by atoms with van der Waals surface area (Å²) in [6.45, 7) is 1.78. The molecule has 7 heteroatoms. The minimum Gasteiger partial charge on any atom is -0.398 e. The Morgan fingerprint density at radius 1 is 1.53 bits per heavy atom. The van der Waals surface area contributed by atoms with Crippen LogP contribution in [0.2, 0.25) is 5.02 Å². The maximum absolute atomic E-state index is 11.7. The van der Waals surface area contributed by atoms with Crippen LogP contribution in [0.4, 0.5) is 11.6 Å². The molecule has 0 atom stereocenters. The second kappa shape index (κ2) is 5.99. The highest BCUT2D eigenvalue weighted by molar-refractivity contribution is 8.00. The van der Waals surface area contributed by atoms with Crippen molar-refractivity contribution in [1.82, 2.24) is 5.16 Å². The molecule has 100 valence electrons. The van der Waals surface area contributed by atoms with Crippen LogP contribution in [0.15, 0.2) is 33.7 Å². The predicted molar refractivity (Wildman–Crippen MR) is 76.5 cm³/mol. The first-order valence-electron chi connectivity index (χ1n) is 5.45. The Morgan fingerprint density at radius 2 is 2.32 bits per heavy atom. The molecule has 0 aliphatic rings. The van der Waals surface area contributed by atoms with Crippen molar-refractivity contribution in [2.24, 2.45) is 0 Å². The first-order chi connectivity index (χ1) is 9.04. The molecule has 1 heterocycles. The van der Waals surface area contributed by atoms with Crippen molar-refractivity contribution in [3.8, 4) is 0 Å². The molecule has 3 N–H and O–H groups in total. The molecular weight excluding hydrogens is 286 g/mol. The average Bonchev–Trinajstić information content (AvgIpc) is 2.76. The van der Waals surface area contributed by atoms with E-state index in [1.54, 1.807) is 25.1 Å². The van der Waals surface area contributed by atoms with Gasteiger partial charge in [-0.1, -0.05) is 16.8 Å². The highest BCUT2D eigenvalue weighted by atomic mass is 35.5. The third-order valence-electron chi connectivity index (χ3n) is 2.23. The zero-order valence-corrected chi connectivity index (χ0v) is 11.7. The van der Waals surface area contributed by atoms with Crippen molar-refractivity contribution in [1.29, 1.82) is 0 Å². The summed E-state index contributed by atoms with van der Waals surface area (Å²) in [7, 11) is 0. The largest absolute Gasteiger partial charge is 0.398 e. The highest BCUT2D eigenvalue weighted by Gasteiger charge is 2.07. The summed E-state index contributed by atoms with van der Waals surface area (Å²) in [6.07, 6.45) is 0. The van der Waals surface area contributed by atoms with Crippen molar-refractivity contribution in [3.63, 3.8) is 0 Å². The quantitative estimate of drug-likeness (QED) is 0.670. The lowest BCUT2D eigenvalue weighted by Crippen LogP contribution is -2.13. The number of hydrogen-bond acceptors (Lipinski definition) is 5. The standard InChI is InChI=1S/C12H12ClN3O2S/c1-7-4-12(18-16-7)15-11(17)6-19-8-2-3-10(14)9(13)5-8/h2-5H,6,14H2,1H3,(H,15,17). The normalized spacial score (nSPS) is 10.4. The predicted octanol–water partition coefficient (Wildman–Crippen LogP) is 2.95. The Morgan fingerprint density at radius 3 is 2.95 bits per heavy atom. The summed E-state index contributed by atoms with van der Waals surface area (Å²) in [4.78, 5) is 12.5. The monoisotopic (exact) mass is 297 g/mol. The lowest BCUT2D eigenvalue weighted by Gasteiger charge is -2.03. The molecule has 0 saturated heterocycles. The SMILES string of the molecule is Cc1cc(NC(=O)CSc2ccc(N)c(Cl)c2)on1. The van der Waals surface area contributed by atoms with Gasteiger partial charge in [0.1, 0.15) is 0 Å². The fourth-order valence-electron chi connectivity index (χ4n) is 1.34. The van der Waals surface area contributed by atoms with Gasteiger partial charge in [0.05, 0.1) is 22.2 Å². The number of nitrogens with one attached hydrogen (secondary N) is 1. The van der Waals surface area contributed by atoms with Crippen molar-refractivity contribution in [3.05, 3.63) is 35.0 Å². The van der Waals surface area contributed by atoms with Crippen LogP contribution < -0.4 is 11.1 Å². The van der Waals surface area contributed by atoms with Gasteiger partial charge in [-0.2, -0.15) is 0 Å². The van der Waals surface area contributed by atoms with Crippen LogP contribution in [0, 0.1) is 6.92 Å². The number of amides is 1. The Kier molecular flexibility index (Phi) is 4.34. The number of aromatic nitrogens is 1. The Labute approximate surface area is 119 Å². The zero-order chi connectivity index (χ0) is 13.8. The van der Waals surface area contributed by atoms with Crippen molar-refractivity contribution >= 4 is 40.8 Å². The van der Waals surface area contributed by atoms with E-state index in [-0.39, 0.29) is 11.7 Å². The number of nitrogen functional groups attached to an aromatic ring is 1. The molecule has 2 aromatic rings. The minimum atomic E-state index is -0.172. The number of thioether (sulfide) groups is 1. The summed E-state index contributed by atoms with van der Waals surface area (Å²) in [5, 5.41) is 6.78. The maximum atomic E-state index is 11.7. The van der Waals surface area contributed by atoms with E-state index in [2.05, 4.69) is 10.5 Å². The van der Waals surface area contributed by atoms with E-state index in [0.29, 0.717) is 22.3 Å². The lowest BCUT2D eigenvalue weighted by atomic mass is 10.3. The molecule has 1 aromatic heterocycles. The van der Waals surface area contributed by atoms with Crippen LogP contribution in [0.3, 0.4) is 0 Å². The summed E-state index contributed by atoms with van der Waals surface area (Å²) in [5.74, 6) is 0.424. The number of hydrogen-bond donors (Lipinski definition) is 2. The van der Waals surface area contributed by atoms with E-state index in [1.165, 1.54) is 11.8 Å². The molecule has 0 unspecified atom stereocenters. The van der Waals surface area contributed by atoms with Gasteiger partial charge in [-0.05, 0) is 25.1 Å². The Balaban J connectivity index is 1.88. The second-order valence-corrected chi connectivity index (χ2v) is 5.31. The number of carbonyl (C=O) groups is 1. The van der Waals surface area contributed by atoms with Gasteiger partial charge in [-0.3, -0.25) is 10.1 Å². The van der Waals surface area contributed by atoms with Gasteiger partial charge >= 0.3 is 0 Å². The number of carbonyl (C=O) groups excluding carboxylic acids is 1. The average molecular weight is 298 g/mol. The zero-order valence-electron chi connectivity index (χ0n) is 10.1. The van der Waals surface area contributed by atoms with E-state index in [1.807, 2.05) is 6.07 Å². The third kappa shape index (κ3) is 3.90. The van der Waals surface area contributed by atoms with Crippen LogP contribution in [0.1, 0.15) is 5.69 Å². The molecule has 5 nitrogen and oxygen atoms in total. The van der Waals surface area contributed by atoms with Gasteiger partial charge in [0.2, 0.25) is 11.8 Å². The first kappa shape index (κ1) is 13.8. The number of nitrogens with two attached hydrogens (primary N) is 1. The number of rotatable bonds is 4. The van der Waals surface area contributed by atoms with E-state index >= 15 is 0 Å². The van der Waals surface area contributed by atoms with E-state index < -0.39 is 0 Å². The molecule has 0 bridgehead atoms. The van der Waals surface area contributed by atoms with Crippen LogP contribution in [-0.4, -0.2) is 16.8 Å². The first-order valence-corrected chi connectivity index (χ1v) is 6.82. The molecule has 0 saturated carbocycles. The van der Waals surface area contributed by atoms with E-state index in [4.69, 9.17) is 21.9 Å². The summed E-state index contributed by atoms with van der Waals surface area (Å²) in [5.41, 5.74) is 6.85. The second-order valence-electron chi connectivity index (χ2n) is 3.85. The molecular formula is C12H12ClN3O2S. The smallest absolute Gasteiger partial charge is 0.237 e. The number of benzene rings is 1. The summed E-state index contributed by atoms with van der Waals surface area (Å²) < 4.78 is 4.89. The van der Waals surface area contributed by atoms with Crippen LogP contribution in [0.5, 0.6) is 0 Å². The highest BCUT2D eigenvalue weighted by Crippen LogP contribution is 2.26. The van der Waals surface area contributed by atoms with Gasteiger partial charge in [0.25, 0.3) is 0 Å². The van der Waals surface area contributed by atoms with Gasteiger partial charge in [-0.25, -0.2) is 0 Å². The third-order valence-corrected chi connectivity index (χ3v) is 3.55. The van der Waals surface area contributed by atoms with Gasteiger partial charge in [-0.15, -0.1) is 11.8 Å². The lowest BCUT2D eigenvalue weighted by molar-refractivity contribution is -0.113. The van der Waals surface area contributed by atoms with Gasteiger partial charge < -0.3 is 10.3 Å². The number of halogens is 1. The maximum Gasteiger partial charge on any atom is 0.237 e. The summed E-state index contributed by atoms with van der Waals surface area (Å²) in [6, 6.07) is 6.91. The van der Waals surface area contributed by atoms with Crippen LogP contribution >= 0.6 is 23.4 Å².